The molecule has 3 aromatic carbocycles. The van der Waals surface area contributed by atoms with Crippen LogP contribution in [0.25, 0.3) is 0 Å². The van der Waals surface area contributed by atoms with E-state index in [0.717, 1.165) is 31.2 Å². The van der Waals surface area contributed by atoms with Gasteiger partial charge in [-0.25, -0.2) is 4.39 Å². The van der Waals surface area contributed by atoms with Crippen molar-refractivity contribution < 1.29 is 23.7 Å². The lowest BCUT2D eigenvalue weighted by molar-refractivity contribution is 0.352. The predicted octanol–water partition coefficient (Wildman–Crippen LogP) is 6.47. The zero-order chi connectivity index (χ0) is 21.9. The highest BCUT2D eigenvalue weighted by Crippen LogP contribution is 2.38. The van der Waals surface area contributed by atoms with Crippen LogP contribution >= 0.6 is 39.2 Å². The first kappa shape index (κ1) is 23.0. The minimum Gasteiger partial charge on any atom is -0.508 e. The van der Waals surface area contributed by atoms with Crippen LogP contribution in [0.1, 0.15) is 22.3 Å². The van der Waals surface area contributed by atoms with Gasteiger partial charge in [0, 0.05) is 22.0 Å². The first-order valence-corrected chi connectivity index (χ1v) is 12.9. The molecule has 3 aromatic rings. The smallest absolute Gasteiger partial charge is 0.233 e. The third kappa shape index (κ3) is 6.42. The minimum absolute atomic E-state index is 0.193. The number of benzene rings is 3. The molecule has 0 fully saturated rings. The van der Waals surface area contributed by atoms with E-state index in [9.17, 15) is 19.0 Å². The van der Waals surface area contributed by atoms with E-state index in [2.05, 4.69) is 31.9 Å². The van der Waals surface area contributed by atoms with Crippen LogP contribution < -0.4 is 4.74 Å². The van der Waals surface area contributed by atoms with Crippen molar-refractivity contribution in [1.29, 1.82) is 0 Å². The highest BCUT2D eigenvalue weighted by atomic mass is 79.9. The fourth-order valence-electron chi connectivity index (χ4n) is 2.94. The maximum atomic E-state index is 13.1. The Morgan fingerprint density at radius 1 is 0.967 bits per heavy atom. The Morgan fingerprint density at radius 3 is 2.17 bits per heavy atom. The molecule has 4 nitrogen and oxygen atoms in total. The van der Waals surface area contributed by atoms with E-state index >= 15 is 0 Å². The van der Waals surface area contributed by atoms with Gasteiger partial charge >= 0.3 is 0 Å². The number of halogens is 3. The molecule has 0 saturated carbocycles. The molecule has 0 radical (unpaired) electrons. The predicted molar refractivity (Wildman–Crippen MR) is 123 cm³/mol. The minimum atomic E-state index is -3.27. The molecule has 1 atom stereocenters. The van der Waals surface area contributed by atoms with Crippen molar-refractivity contribution in [3.8, 4) is 11.5 Å². The largest absolute Gasteiger partial charge is 0.508 e. The van der Waals surface area contributed by atoms with E-state index in [-0.39, 0.29) is 17.9 Å². The molecule has 0 heterocycles. The van der Waals surface area contributed by atoms with Crippen molar-refractivity contribution in [2.75, 3.05) is 13.0 Å². The van der Waals surface area contributed by atoms with Crippen molar-refractivity contribution in [3.63, 3.8) is 0 Å². The summed E-state index contributed by atoms with van der Waals surface area (Å²) < 4.78 is 31.6. The summed E-state index contributed by atoms with van der Waals surface area (Å²) in [6.45, 7) is 1.25. The molecule has 0 aliphatic heterocycles. The maximum absolute atomic E-state index is 13.1. The summed E-state index contributed by atoms with van der Waals surface area (Å²) in [4.78, 5) is 9.40. The molecule has 158 valence electrons. The summed E-state index contributed by atoms with van der Waals surface area (Å²) in [5.41, 5.74) is 3.63. The summed E-state index contributed by atoms with van der Waals surface area (Å²) in [7, 11) is -3.27. The number of ether oxygens (including phenoxy) is 1. The molecular weight excluding hydrogens is 538 g/mol. The van der Waals surface area contributed by atoms with Gasteiger partial charge in [0.15, 0.2) is 6.35 Å². The normalized spacial score (nSPS) is 13.1. The third-order valence-corrected chi connectivity index (χ3v) is 6.44. The number of hydrogen-bond donors (Lipinski definition) is 2. The van der Waals surface area contributed by atoms with E-state index in [1.54, 1.807) is 30.3 Å². The van der Waals surface area contributed by atoms with Crippen molar-refractivity contribution in [1.82, 2.24) is 0 Å². The highest BCUT2D eigenvalue weighted by Gasteiger charge is 2.14. The molecule has 30 heavy (non-hydrogen) atoms. The summed E-state index contributed by atoms with van der Waals surface area (Å²) in [6, 6.07) is 15.2. The topological polar surface area (TPSA) is 66.8 Å². The summed E-state index contributed by atoms with van der Waals surface area (Å²) in [6.07, 6.45) is 0.827. The van der Waals surface area contributed by atoms with Crippen LogP contribution in [0, 0.1) is 5.82 Å². The van der Waals surface area contributed by atoms with Crippen molar-refractivity contribution in [3.05, 3.63) is 91.6 Å². The van der Waals surface area contributed by atoms with E-state index in [1.807, 2.05) is 12.1 Å². The molecule has 2 N–H and O–H groups in total. The molecule has 0 amide bonds. The average Bonchev–Trinajstić information content (AvgIpc) is 2.66. The molecule has 1 unspecified atom stereocenters. The van der Waals surface area contributed by atoms with Gasteiger partial charge in [-0.15, -0.1) is 0 Å². The second kappa shape index (κ2) is 9.65. The quantitative estimate of drug-likeness (QED) is 0.326. The van der Waals surface area contributed by atoms with E-state index in [0.29, 0.717) is 18.6 Å². The molecule has 0 aliphatic rings. The summed E-state index contributed by atoms with van der Waals surface area (Å²) >= 11 is 7.09. The molecular formula is C22H20Br2FO4P. The standard InChI is InChI=1S/C22H20Br2FO4P/c1-30(27,28)13-29-18-11-20(23)19(21(24)12-18)10-15-4-7-22(26)16(9-15)8-14-2-5-17(25)6-3-14/h2-7,9,11-12,26H,8,10,13H2,1H3,(H,27,28). The lowest BCUT2D eigenvalue weighted by Crippen LogP contribution is -2.00. The monoisotopic (exact) mass is 556 g/mol. The van der Waals surface area contributed by atoms with Crippen LogP contribution in [-0.4, -0.2) is 23.0 Å². The lowest BCUT2D eigenvalue weighted by atomic mass is 9.98. The Bertz CT molecular complexity index is 1070. The van der Waals surface area contributed by atoms with Crippen molar-refractivity contribution in [2.45, 2.75) is 12.8 Å². The van der Waals surface area contributed by atoms with Crippen LogP contribution in [0.4, 0.5) is 4.39 Å². The molecule has 0 aromatic heterocycles. The summed E-state index contributed by atoms with van der Waals surface area (Å²) in [5, 5.41) is 10.2. The molecule has 0 spiro atoms. The molecule has 3 rings (SSSR count). The van der Waals surface area contributed by atoms with Crippen LogP contribution in [0.15, 0.2) is 63.5 Å². The highest BCUT2D eigenvalue weighted by molar-refractivity contribution is 9.11. The number of hydrogen-bond acceptors (Lipinski definition) is 3. The number of rotatable bonds is 7. The first-order valence-electron chi connectivity index (χ1n) is 9.06. The first-order chi connectivity index (χ1) is 14.1. The van der Waals surface area contributed by atoms with Gasteiger partial charge in [0.05, 0.1) is 0 Å². The van der Waals surface area contributed by atoms with Crippen LogP contribution in [-0.2, 0) is 17.4 Å². The Kier molecular flexibility index (Phi) is 7.40. The lowest BCUT2D eigenvalue weighted by Gasteiger charge is -2.14. The van der Waals surface area contributed by atoms with Gasteiger partial charge in [-0.05, 0) is 59.0 Å². The van der Waals surface area contributed by atoms with E-state index in [1.165, 1.54) is 18.8 Å². The van der Waals surface area contributed by atoms with Gasteiger partial charge in [0.2, 0.25) is 7.37 Å². The van der Waals surface area contributed by atoms with Gasteiger partial charge in [-0.2, -0.15) is 0 Å². The Labute approximate surface area is 191 Å². The SMILES string of the molecule is CP(=O)(O)COc1cc(Br)c(Cc2ccc(O)c(Cc3ccc(F)cc3)c2)c(Br)c1. The second-order valence-corrected chi connectivity index (χ2v) is 11.2. The maximum Gasteiger partial charge on any atom is 0.233 e. The van der Waals surface area contributed by atoms with Gasteiger partial charge in [0.25, 0.3) is 0 Å². The second-order valence-electron chi connectivity index (χ2n) is 7.13. The number of phenols is 1. The fraction of sp³-hybridized carbons (Fsp3) is 0.182. The zero-order valence-electron chi connectivity index (χ0n) is 16.1. The Morgan fingerprint density at radius 2 is 1.57 bits per heavy atom. The van der Waals surface area contributed by atoms with Crippen LogP contribution in [0.3, 0.4) is 0 Å². The van der Waals surface area contributed by atoms with Crippen molar-refractivity contribution >= 4 is 39.2 Å². The molecule has 0 saturated heterocycles. The van der Waals surface area contributed by atoms with Gasteiger partial charge in [0.1, 0.15) is 17.3 Å². The summed E-state index contributed by atoms with van der Waals surface area (Å²) in [5.74, 6) is 0.383. The zero-order valence-corrected chi connectivity index (χ0v) is 20.2. The Hall–Kier alpha value is -1.66. The van der Waals surface area contributed by atoms with E-state index < -0.39 is 7.37 Å². The van der Waals surface area contributed by atoms with E-state index in [4.69, 9.17) is 4.74 Å². The molecule has 0 aliphatic carbocycles. The third-order valence-electron chi connectivity index (χ3n) is 4.42. The Balaban J connectivity index is 1.80. The van der Waals surface area contributed by atoms with Crippen LogP contribution in [0.5, 0.6) is 11.5 Å². The van der Waals surface area contributed by atoms with Crippen molar-refractivity contribution in [2.24, 2.45) is 0 Å². The average molecular weight is 558 g/mol. The number of aromatic hydroxyl groups is 1. The van der Waals surface area contributed by atoms with Crippen LogP contribution in [0.2, 0.25) is 0 Å². The fourth-order valence-corrected chi connectivity index (χ4v) is 4.76. The number of phenolic OH excluding ortho intramolecular Hbond substituents is 1. The molecule has 8 heteroatoms. The van der Waals surface area contributed by atoms with Gasteiger partial charge in [-0.3, -0.25) is 4.57 Å². The van der Waals surface area contributed by atoms with Gasteiger partial charge in [-0.1, -0.05) is 56.1 Å². The molecule has 0 bridgehead atoms. The van der Waals surface area contributed by atoms with Gasteiger partial charge < -0.3 is 14.7 Å².